The van der Waals surface area contributed by atoms with Crippen LogP contribution < -0.4 is 20.5 Å². The molecule has 23 heavy (non-hydrogen) atoms. The summed E-state index contributed by atoms with van der Waals surface area (Å²) in [6.07, 6.45) is 6.02. The van der Waals surface area contributed by atoms with E-state index in [1.807, 2.05) is 0 Å². The van der Waals surface area contributed by atoms with Gasteiger partial charge in [-0.1, -0.05) is 19.3 Å². The molecule has 0 spiro atoms. The number of carbonyl (C=O) groups is 1. The van der Waals surface area contributed by atoms with Gasteiger partial charge in [-0.3, -0.25) is 4.79 Å². The molecule has 1 atom stereocenters. The second-order valence-electron chi connectivity index (χ2n) is 5.82. The number of ether oxygens (including phenoxy) is 2. The van der Waals surface area contributed by atoms with Crippen LogP contribution in [0.2, 0.25) is 0 Å². The highest BCUT2D eigenvalue weighted by Crippen LogP contribution is 2.27. The number of nitrogens with two attached hydrogens (primary N) is 1. The highest BCUT2D eigenvalue weighted by atomic mass is 35.5. The maximum absolute atomic E-state index is 12.5. The number of hydrogen-bond donors (Lipinski definition) is 2. The summed E-state index contributed by atoms with van der Waals surface area (Å²) in [5, 5.41) is 3.08. The summed E-state index contributed by atoms with van der Waals surface area (Å²) in [7, 11) is 3.14. The topological polar surface area (TPSA) is 73.6 Å². The van der Waals surface area contributed by atoms with Gasteiger partial charge in [0.05, 0.1) is 14.2 Å². The molecule has 0 bridgehead atoms. The molecule has 5 nitrogen and oxygen atoms in total. The van der Waals surface area contributed by atoms with Gasteiger partial charge in [0.25, 0.3) is 5.91 Å². The maximum Gasteiger partial charge on any atom is 0.251 e. The summed E-state index contributed by atoms with van der Waals surface area (Å²) in [4.78, 5) is 12.5. The molecule has 3 N–H and O–H groups in total. The summed E-state index contributed by atoms with van der Waals surface area (Å²) >= 11 is 0. The second kappa shape index (κ2) is 9.63. The van der Waals surface area contributed by atoms with Crippen LogP contribution in [0.1, 0.15) is 42.5 Å². The van der Waals surface area contributed by atoms with E-state index in [0.29, 0.717) is 29.5 Å². The van der Waals surface area contributed by atoms with Crippen LogP contribution in [0.5, 0.6) is 11.5 Å². The molecule has 1 aliphatic carbocycles. The first-order valence-electron chi connectivity index (χ1n) is 7.92. The molecule has 1 fully saturated rings. The third kappa shape index (κ3) is 5.29. The fourth-order valence-electron chi connectivity index (χ4n) is 3.10. The van der Waals surface area contributed by atoms with E-state index in [0.717, 1.165) is 12.8 Å². The molecule has 0 radical (unpaired) electrons. The Labute approximate surface area is 144 Å². The Bertz CT molecular complexity index is 482. The smallest absolute Gasteiger partial charge is 0.251 e. The minimum absolute atomic E-state index is 0. The van der Waals surface area contributed by atoms with Gasteiger partial charge >= 0.3 is 0 Å². The van der Waals surface area contributed by atoms with E-state index in [4.69, 9.17) is 15.2 Å². The lowest BCUT2D eigenvalue weighted by Gasteiger charge is -2.30. The summed E-state index contributed by atoms with van der Waals surface area (Å²) in [5.41, 5.74) is 6.41. The third-order valence-electron chi connectivity index (χ3n) is 4.40. The van der Waals surface area contributed by atoms with Crippen LogP contribution in [-0.4, -0.2) is 32.7 Å². The van der Waals surface area contributed by atoms with Crippen molar-refractivity contribution in [1.82, 2.24) is 5.32 Å². The highest BCUT2D eigenvalue weighted by Gasteiger charge is 2.24. The first-order chi connectivity index (χ1) is 10.7. The Kier molecular flexibility index (Phi) is 8.20. The minimum atomic E-state index is -0.127. The van der Waals surface area contributed by atoms with Gasteiger partial charge in [0.15, 0.2) is 0 Å². The van der Waals surface area contributed by atoms with Crippen molar-refractivity contribution >= 4 is 18.3 Å². The van der Waals surface area contributed by atoms with Crippen LogP contribution in [0.4, 0.5) is 0 Å². The van der Waals surface area contributed by atoms with Gasteiger partial charge in [0.2, 0.25) is 0 Å². The monoisotopic (exact) mass is 342 g/mol. The molecule has 0 saturated heterocycles. The summed E-state index contributed by atoms with van der Waals surface area (Å²) in [5.74, 6) is 1.56. The molecular formula is C17H27ClN2O3. The Morgan fingerprint density at radius 3 is 2.22 bits per heavy atom. The number of methoxy groups -OCH3 is 2. The quantitative estimate of drug-likeness (QED) is 0.833. The second-order valence-corrected chi connectivity index (χ2v) is 5.82. The molecule has 1 aliphatic rings. The lowest BCUT2D eigenvalue weighted by molar-refractivity contribution is 0.0915. The number of rotatable bonds is 6. The SMILES string of the molecule is COc1cc(OC)cc(C(=O)NC(CN)C2CCCCC2)c1.Cl. The number of benzene rings is 1. The predicted molar refractivity (Wildman–Crippen MR) is 93.7 cm³/mol. The minimum Gasteiger partial charge on any atom is -0.497 e. The zero-order chi connectivity index (χ0) is 15.9. The average Bonchev–Trinajstić information content (AvgIpc) is 2.59. The maximum atomic E-state index is 12.5. The summed E-state index contributed by atoms with van der Waals surface area (Å²) in [6, 6.07) is 5.21. The Balaban J connectivity index is 0.00000264. The first-order valence-corrected chi connectivity index (χ1v) is 7.92. The molecule has 1 amide bonds. The zero-order valence-corrected chi connectivity index (χ0v) is 14.7. The van der Waals surface area contributed by atoms with Crippen molar-refractivity contribution in [2.75, 3.05) is 20.8 Å². The van der Waals surface area contributed by atoms with Gasteiger partial charge in [-0.2, -0.15) is 0 Å². The lowest BCUT2D eigenvalue weighted by atomic mass is 9.84. The van der Waals surface area contributed by atoms with Crippen LogP contribution >= 0.6 is 12.4 Å². The van der Waals surface area contributed by atoms with E-state index in [1.165, 1.54) is 19.3 Å². The lowest BCUT2D eigenvalue weighted by Crippen LogP contribution is -2.45. The third-order valence-corrected chi connectivity index (χ3v) is 4.40. The first kappa shape index (κ1) is 19.6. The van der Waals surface area contributed by atoms with Crippen molar-refractivity contribution in [3.63, 3.8) is 0 Å². The fraction of sp³-hybridized carbons (Fsp3) is 0.588. The van der Waals surface area contributed by atoms with E-state index >= 15 is 0 Å². The van der Waals surface area contributed by atoms with Crippen molar-refractivity contribution in [3.8, 4) is 11.5 Å². The van der Waals surface area contributed by atoms with Crippen molar-refractivity contribution in [2.24, 2.45) is 11.7 Å². The Morgan fingerprint density at radius 2 is 1.74 bits per heavy atom. The van der Waals surface area contributed by atoms with Crippen molar-refractivity contribution in [2.45, 2.75) is 38.1 Å². The van der Waals surface area contributed by atoms with E-state index in [9.17, 15) is 4.79 Å². The van der Waals surface area contributed by atoms with E-state index < -0.39 is 0 Å². The molecule has 0 aromatic heterocycles. The van der Waals surface area contributed by atoms with E-state index in [-0.39, 0.29) is 24.4 Å². The average molecular weight is 343 g/mol. The fourth-order valence-corrected chi connectivity index (χ4v) is 3.10. The van der Waals surface area contributed by atoms with Gasteiger partial charge in [-0.25, -0.2) is 0 Å². The summed E-state index contributed by atoms with van der Waals surface area (Å²) < 4.78 is 10.4. The predicted octanol–water partition coefficient (Wildman–Crippen LogP) is 2.76. The van der Waals surface area contributed by atoms with Gasteiger partial charge in [-0.15, -0.1) is 12.4 Å². The van der Waals surface area contributed by atoms with Gasteiger partial charge in [0.1, 0.15) is 11.5 Å². The zero-order valence-electron chi connectivity index (χ0n) is 13.8. The van der Waals surface area contributed by atoms with Crippen LogP contribution in [0, 0.1) is 5.92 Å². The van der Waals surface area contributed by atoms with Crippen LogP contribution in [0.25, 0.3) is 0 Å². The molecular weight excluding hydrogens is 316 g/mol. The molecule has 0 heterocycles. The number of halogens is 1. The van der Waals surface area contributed by atoms with Crippen molar-refractivity contribution in [3.05, 3.63) is 23.8 Å². The van der Waals surface area contributed by atoms with Crippen LogP contribution in [0.3, 0.4) is 0 Å². The number of hydrogen-bond acceptors (Lipinski definition) is 4. The molecule has 2 rings (SSSR count). The molecule has 1 aromatic carbocycles. The normalized spacial score (nSPS) is 16.1. The number of nitrogens with one attached hydrogen (secondary N) is 1. The van der Waals surface area contributed by atoms with Gasteiger partial charge < -0.3 is 20.5 Å². The molecule has 1 saturated carbocycles. The molecule has 0 aliphatic heterocycles. The Hall–Kier alpha value is -1.46. The van der Waals surface area contributed by atoms with Crippen molar-refractivity contribution < 1.29 is 14.3 Å². The molecule has 1 aromatic rings. The summed E-state index contributed by atoms with van der Waals surface area (Å²) in [6.45, 7) is 0.470. The number of carbonyl (C=O) groups excluding carboxylic acids is 1. The van der Waals surface area contributed by atoms with Gasteiger partial charge in [0, 0.05) is 24.2 Å². The molecule has 6 heteroatoms. The highest BCUT2D eigenvalue weighted by molar-refractivity contribution is 5.95. The molecule has 130 valence electrons. The number of amides is 1. The Morgan fingerprint density at radius 1 is 1.17 bits per heavy atom. The standard InChI is InChI=1S/C17H26N2O3.ClH/c1-21-14-8-13(9-15(10-14)22-2)17(20)19-16(11-18)12-6-4-3-5-7-12;/h8-10,12,16H,3-7,11,18H2,1-2H3,(H,19,20);1H. The molecule has 1 unspecified atom stereocenters. The largest absolute Gasteiger partial charge is 0.497 e. The van der Waals surface area contributed by atoms with E-state index in [1.54, 1.807) is 32.4 Å². The van der Waals surface area contributed by atoms with E-state index in [2.05, 4.69) is 5.32 Å². The van der Waals surface area contributed by atoms with Gasteiger partial charge in [-0.05, 0) is 30.9 Å². The van der Waals surface area contributed by atoms with Crippen LogP contribution in [0.15, 0.2) is 18.2 Å². The van der Waals surface area contributed by atoms with Crippen LogP contribution in [-0.2, 0) is 0 Å². The van der Waals surface area contributed by atoms with Crippen molar-refractivity contribution in [1.29, 1.82) is 0 Å².